The number of hydrogen-bond acceptors (Lipinski definition) is 6. The third-order valence-electron chi connectivity index (χ3n) is 6.46. The van der Waals surface area contributed by atoms with Gasteiger partial charge in [-0.25, -0.2) is 0 Å². The molecule has 0 spiro atoms. The molecule has 0 aromatic heterocycles. The highest BCUT2D eigenvalue weighted by atomic mass is 16.5. The van der Waals surface area contributed by atoms with E-state index in [4.69, 9.17) is 14.2 Å². The Kier molecular flexibility index (Phi) is 7.85. The molecule has 7 nitrogen and oxygen atoms in total. The van der Waals surface area contributed by atoms with E-state index in [9.17, 15) is 4.79 Å². The number of ether oxygens (including phenoxy) is 3. The van der Waals surface area contributed by atoms with Crippen LogP contribution < -0.4 is 9.47 Å². The fourth-order valence-corrected chi connectivity index (χ4v) is 4.55. The summed E-state index contributed by atoms with van der Waals surface area (Å²) in [5.41, 5.74) is 3.12. The smallest absolute Gasteiger partial charge is 0.253 e. The van der Waals surface area contributed by atoms with Crippen molar-refractivity contribution in [1.82, 2.24) is 14.7 Å². The van der Waals surface area contributed by atoms with E-state index in [1.165, 1.54) is 11.1 Å². The average Bonchev–Trinajstić information content (AvgIpc) is 2.84. The molecule has 0 bridgehead atoms. The van der Waals surface area contributed by atoms with Crippen molar-refractivity contribution >= 4 is 5.91 Å². The molecule has 1 unspecified atom stereocenters. The van der Waals surface area contributed by atoms with E-state index < -0.39 is 0 Å². The highest BCUT2D eigenvalue weighted by Gasteiger charge is 2.27. The maximum atomic E-state index is 12.8. The fraction of sp³-hybridized carbons (Fsp3) is 0.500. The lowest BCUT2D eigenvalue weighted by atomic mass is 10.1. The van der Waals surface area contributed by atoms with E-state index in [0.29, 0.717) is 0 Å². The van der Waals surface area contributed by atoms with Crippen molar-refractivity contribution < 1.29 is 19.0 Å². The first-order chi connectivity index (χ1) is 16.0. The molecule has 33 heavy (non-hydrogen) atoms. The molecule has 7 heteroatoms. The molecule has 2 saturated heterocycles. The predicted molar refractivity (Wildman–Crippen MR) is 128 cm³/mol. The van der Waals surface area contributed by atoms with Gasteiger partial charge in [0.05, 0.1) is 26.9 Å². The normalized spacial score (nSPS) is 20.0. The standard InChI is InChI=1S/C26H35N3O4/c1-20-4-6-22(7-5-20)26(30)29-10-8-27(9-11-29)18-25-19-28(12-13-33-25)17-21-14-23(31-2)16-24(15-21)32-3/h4-7,14-16,25H,8-13,17-19H2,1-3H3. The number of benzene rings is 2. The summed E-state index contributed by atoms with van der Waals surface area (Å²) in [5.74, 6) is 1.75. The molecule has 1 amide bonds. The van der Waals surface area contributed by atoms with Crippen molar-refractivity contribution in [2.45, 2.75) is 19.6 Å². The van der Waals surface area contributed by atoms with Crippen LogP contribution in [0.2, 0.25) is 0 Å². The number of nitrogens with zero attached hydrogens (tertiary/aromatic N) is 3. The molecular formula is C26H35N3O4. The SMILES string of the molecule is COc1cc(CN2CCOC(CN3CCN(C(=O)c4ccc(C)cc4)CC3)C2)cc(OC)c1. The van der Waals surface area contributed by atoms with Crippen LogP contribution in [0.1, 0.15) is 21.5 Å². The van der Waals surface area contributed by atoms with Gasteiger partial charge in [0.25, 0.3) is 5.91 Å². The molecule has 2 aromatic carbocycles. The highest BCUT2D eigenvalue weighted by molar-refractivity contribution is 5.94. The molecule has 0 radical (unpaired) electrons. The minimum atomic E-state index is 0.128. The number of amides is 1. The minimum Gasteiger partial charge on any atom is -0.497 e. The van der Waals surface area contributed by atoms with Gasteiger partial charge in [0, 0.05) is 64.0 Å². The van der Waals surface area contributed by atoms with Crippen molar-refractivity contribution in [3.8, 4) is 11.5 Å². The Morgan fingerprint density at radius 1 is 0.939 bits per heavy atom. The number of rotatable bonds is 7. The maximum absolute atomic E-state index is 12.8. The molecule has 178 valence electrons. The second-order valence-electron chi connectivity index (χ2n) is 8.91. The first-order valence-corrected chi connectivity index (χ1v) is 11.7. The van der Waals surface area contributed by atoms with Gasteiger partial charge in [0.1, 0.15) is 11.5 Å². The number of morpholine rings is 1. The van der Waals surface area contributed by atoms with Crippen LogP contribution in [-0.2, 0) is 11.3 Å². The van der Waals surface area contributed by atoms with Gasteiger partial charge in [-0.1, -0.05) is 17.7 Å². The van der Waals surface area contributed by atoms with Gasteiger partial charge < -0.3 is 19.1 Å². The maximum Gasteiger partial charge on any atom is 0.253 e. The molecule has 2 aliphatic rings. The van der Waals surface area contributed by atoms with Crippen LogP contribution in [0.25, 0.3) is 0 Å². The second kappa shape index (κ2) is 11.0. The van der Waals surface area contributed by atoms with Crippen LogP contribution in [0.15, 0.2) is 42.5 Å². The molecule has 0 N–H and O–H groups in total. The van der Waals surface area contributed by atoms with Crippen molar-refractivity contribution in [2.24, 2.45) is 0 Å². The summed E-state index contributed by atoms with van der Waals surface area (Å²) in [6.45, 7) is 9.58. The van der Waals surface area contributed by atoms with E-state index in [2.05, 4.69) is 21.9 Å². The average molecular weight is 454 g/mol. The lowest BCUT2D eigenvalue weighted by molar-refractivity contribution is -0.0497. The largest absolute Gasteiger partial charge is 0.497 e. The van der Waals surface area contributed by atoms with Crippen molar-refractivity contribution in [2.75, 3.05) is 66.6 Å². The van der Waals surface area contributed by atoms with Gasteiger partial charge in [0.15, 0.2) is 0 Å². The Bertz CT molecular complexity index is 903. The lowest BCUT2D eigenvalue weighted by Gasteiger charge is -2.39. The third kappa shape index (κ3) is 6.25. The number of carbonyl (C=O) groups excluding carboxylic acids is 1. The summed E-state index contributed by atoms with van der Waals surface area (Å²) >= 11 is 0. The summed E-state index contributed by atoms with van der Waals surface area (Å²) in [6, 6.07) is 13.9. The van der Waals surface area contributed by atoms with Gasteiger partial charge in [-0.2, -0.15) is 0 Å². The Morgan fingerprint density at radius 2 is 1.61 bits per heavy atom. The predicted octanol–water partition coefficient (Wildman–Crippen LogP) is 2.67. The number of aryl methyl sites for hydroxylation is 1. The molecule has 2 fully saturated rings. The lowest BCUT2D eigenvalue weighted by Crippen LogP contribution is -2.53. The van der Waals surface area contributed by atoms with Crippen LogP contribution in [0, 0.1) is 6.92 Å². The van der Waals surface area contributed by atoms with E-state index in [1.807, 2.05) is 42.2 Å². The number of hydrogen-bond donors (Lipinski definition) is 0. The summed E-state index contributed by atoms with van der Waals surface area (Å²) in [6.07, 6.45) is 0.172. The first kappa shape index (κ1) is 23.5. The van der Waals surface area contributed by atoms with Gasteiger partial charge >= 0.3 is 0 Å². The molecule has 0 aliphatic carbocycles. The van der Waals surface area contributed by atoms with Gasteiger partial charge in [-0.3, -0.25) is 14.6 Å². The molecule has 2 aliphatic heterocycles. The summed E-state index contributed by atoms with van der Waals surface area (Å²) < 4.78 is 16.9. The van der Waals surface area contributed by atoms with Crippen LogP contribution in [0.5, 0.6) is 11.5 Å². The minimum absolute atomic E-state index is 0.128. The molecule has 4 rings (SSSR count). The Morgan fingerprint density at radius 3 is 2.24 bits per heavy atom. The molecule has 2 heterocycles. The van der Waals surface area contributed by atoms with Crippen molar-refractivity contribution in [3.63, 3.8) is 0 Å². The number of carbonyl (C=O) groups is 1. The summed E-state index contributed by atoms with van der Waals surface area (Å²) in [5, 5.41) is 0. The molecule has 1 atom stereocenters. The zero-order valence-corrected chi connectivity index (χ0v) is 20.0. The van der Waals surface area contributed by atoms with Crippen molar-refractivity contribution in [1.29, 1.82) is 0 Å². The van der Waals surface area contributed by atoms with E-state index in [1.54, 1.807) is 14.2 Å². The molecule has 0 saturated carbocycles. The van der Waals surface area contributed by atoms with Gasteiger partial charge in [0.2, 0.25) is 0 Å². The Hall–Kier alpha value is -2.61. The number of methoxy groups -OCH3 is 2. The van der Waals surface area contributed by atoms with Crippen LogP contribution >= 0.6 is 0 Å². The Labute approximate surface area is 196 Å². The monoisotopic (exact) mass is 453 g/mol. The highest BCUT2D eigenvalue weighted by Crippen LogP contribution is 2.24. The number of piperazine rings is 1. The quantitative estimate of drug-likeness (QED) is 0.643. The summed E-state index contributed by atoms with van der Waals surface area (Å²) in [7, 11) is 3.36. The third-order valence-corrected chi connectivity index (χ3v) is 6.46. The van der Waals surface area contributed by atoms with Crippen LogP contribution in [0.4, 0.5) is 0 Å². The zero-order valence-electron chi connectivity index (χ0n) is 20.0. The van der Waals surface area contributed by atoms with Gasteiger partial charge in [-0.05, 0) is 36.8 Å². The zero-order chi connectivity index (χ0) is 23.2. The first-order valence-electron chi connectivity index (χ1n) is 11.7. The van der Waals surface area contributed by atoms with Crippen LogP contribution in [0.3, 0.4) is 0 Å². The van der Waals surface area contributed by atoms with E-state index >= 15 is 0 Å². The Balaban J connectivity index is 1.26. The summed E-state index contributed by atoms with van der Waals surface area (Å²) in [4.78, 5) is 19.6. The van der Waals surface area contributed by atoms with E-state index in [0.717, 1.165) is 76.0 Å². The molecular weight excluding hydrogens is 418 g/mol. The van der Waals surface area contributed by atoms with Crippen LogP contribution in [-0.4, -0.2) is 93.4 Å². The molecule has 2 aromatic rings. The van der Waals surface area contributed by atoms with Crippen molar-refractivity contribution in [3.05, 3.63) is 59.2 Å². The second-order valence-corrected chi connectivity index (χ2v) is 8.91. The topological polar surface area (TPSA) is 54.5 Å². The fourth-order valence-electron chi connectivity index (χ4n) is 4.55. The van der Waals surface area contributed by atoms with E-state index in [-0.39, 0.29) is 12.0 Å². The van der Waals surface area contributed by atoms with Gasteiger partial charge in [-0.15, -0.1) is 0 Å².